The highest BCUT2D eigenvalue weighted by molar-refractivity contribution is 7.48. The molecule has 10 nitrogen and oxygen atoms in total. The van der Waals surface area contributed by atoms with Gasteiger partial charge in [-0.1, -0.05) is 40.0 Å². The Kier molecular flexibility index (Phi) is 20.8. The number of rotatable bonds is 24. The van der Waals surface area contributed by atoms with Crippen molar-refractivity contribution in [3.63, 3.8) is 0 Å². The number of ether oxygens (including phenoxy) is 6. The van der Waals surface area contributed by atoms with Gasteiger partial charge in [-0.2, -0.15) is 0 Å². The van der Waals surface area contributed by atoms with Gasteiger partial charge in [-0.05, 0) is 60.8 Å². The highest BCUT2D eigenvalue weighted by Crippen LogP contribution is 2.53. The molecule has 0 rings (SSSR count). The molecule has 6 atom stereocenters. The lowest BCUT2D eigenvalue weighted by atomic mass is 10.4. The molecule has 0 saturated heterocycles. The van der Waals surface area contributed by atoms with Gasteiger partial charge in [0, 0.05) is 19.8 Å². The van der Waals surface area contributed by atoms with Gasteiger partial charge < -0.3 is 28.4 Å². The number of hydrogen-bond donors (Lipinski definition) is 0. The second kappa shape index (κ2) is 20.9. The van der Waals surface area contributed by atoms with Crippen LogP contribution in [0.4, 0.5) is 0 Å². The van der Waals surface area contributed by atoms with Crippen LogP contribution in [-0.4, -0.2) is 57.6 Å². The van der Waals surface area contributed by atoms with Gasteiger partial charge in [0.25, 0.3) is 0 Å². The second-order valence-electron chi connectivity index (χ2n) is 8.25. The fourth-order valence-corrected chi connectivity index (χ4v) is 4.19. The lowest BCUT2D eigenvalue weighted by Crippen LogP contribution is -2.28. The summed E-state index contributed by atoms with van der Waals surface area (Å²) in [5, 5.41) is 0. The summed E-state index contributed by atoms with van der Waals surface area (Å²) in [6.45, 7) is 17.9. The zero-order chi connectivity index (χ0) is 26.7. The van der Waals surface area contributed by atoms with Gasteiger partial charge in [0.1, 0.15) is 0 Å². The summed E-state index contributed by atoms with van der Waals surface area (Å²) in [6.07, 6.45) is 1.21. The second-order valence-corrected chi connectivity index (χ2v) is 9.78. The van der Waals surface area contributed by atoms with E-state index in [1.54, 1.807) is 41.5 Å². The van der Waals surface area contributed by atoms with E-state index >= 15 is 0 Å². The molecule has 0 saturated carbocycles. The Labute approximate surface area is 213 Å². The normalized spacial score (nSPS) is 19.0. The van der Waals surface area contributed by atoms with Crippen LogP contribution in [0.2, 0.25) is 0 Å². The Balaban J connectivity index is 5.05. The van der Waals surface area contributed by atoms with E-state index in [0.29, 0.717) is 19.8 Å². The minimum Gasteiger partial charge on any atom is -0.353 e. The lowest BCUT2D eigenvalue weighted by Gasteiger charge is -2.29. The van der Waals surface area contributed by atoms with Gasteiger partial charge in [-0.15, -0.1) is 0 Å². The molecule has 212 valence electrons. The standard InChI is InChI=1S/C24H51O10P/c1-10-13-16-26-19(4)29-22(7)32-35(25,33-23(8)30-20(5)27-17-14-11-2)34-24(9)31-21(6)28-18-15-12-3/h19-24H,10-18H2,1-9H3. The van der Waals surface area contributed by atoms with Crippen molar-refractivity contribution >= 4 is 7.82 Å². The van der Waals surface area contributed by atoms with Crippen LogP contribution in [0.1, 0.15) is 101 Å². The maximum atomic E-state index is 13.5. The van der Waals surface area contributed by atoms with Gasteiger partial charge >= 0.3 is 7.82 Å². The summed E-state index contributed by atoms with van der Waals surface area (Å²) < 4.78 is 63.9. The van der Waals surface area contributed by atoms with Gasteiger partial charge in [0.05, 0.1) is 0 Å². The van der Waals surface area contributed by atoms with E-state index in [4.69, 9.17) is 42.0 Å². The van der Waals surface area contributed by atoms with E-state index < -0.39 is 45.6 Å². The van der Waals surface area contributed by atoms with E-state index in [0.717, 1.165) is 38.5 Å². The summed E-state index contributed by atoms with van der Waals surface area (Å²) in [5.41, 5.74) is 0. The SMILES string of the molecule is CCCCOC(C)OC(C)OP(=O)(OC(C)OC(C)OCCCC)OC(C)OC(C)OCCCC. The first-order valence-electron chi connectivity index (χ1n) is 13.0. The maximum absolute atomic E-state index is 13.5. The molecule has 0 aromatic rings. The van der Waals surface area contributed by atoms with Crippen LogP contribution in [0, 0.1) is 0 Å². The monoisotopic (exact) mass is 530 g/mol. The molecule has 0 spiro atoms. The van der Waals surface area contributed by atoms with Crippen LogP contribution in [0.3, 0.4) is 0 Å². The zero-order valence-electron chi connectivity index (χ0n) is 23.4. The predicted octanol–water partition coefficient (Wildman–Crippen LogP) is 6.72. The minimum absolute atomic E-state index is 0.552. The summed E-state index contributed by atoms with van der Waals surface area (Å²) >= 11 is 0. The molecule has 0 aliphatic carbocycles. The number of phosphoric ester groups is 1. The smallest absolute Gasteiger partial charge is 0.353 e. The molecule has 0 heterocycles. The van der Waals surface area contributed by atoms with Crippen molar-refractivity contribution in [3.8, 4) is 0 Å². The van der Waals surface area contributed by atoms with Crippen molar-refractivity contribution < 1.29 is 46.6 Å². The fraction of sp³-hybridized carbons (Fsp3) is 1.00. The van der Waals surface area contributed by atoms with E-state index in [2.05, 4.69) is 20.8 Å². The summed E-state index contributed by atoms with van der Waals surface area (Å²) in [5.74, 6) is 0. The molecule has 0 N–H and O–H groups in total. The van der Waals surface area contributed by atoms with E-state index in [1.165, 1.54) is 0 Å². The Morgan fingerprint density at radius 1 is 0.486 bits per heavy atom. The average Bonchev–Trinajstić information content (AvgIpc) is 2.73. The number of unbranched alkanes of at least 4 members (excludes halogenated alkanes) is 3. The third kappa shape index (κ3) is 19.6. The molecular weight excluding hydrogens is 479 g/mol. The molecule has 0 aromatic carbocycles. The Morgan fingerprint density at radius 2 is 0.743 bits per heavy atom. The first kappa shape index (κ1) is 34.9. The molecule has 11 heteroatoms. The molecule has 0 radical (unpaired) electrons. The Hall–Kier alpha value is -0.130. The van der Waals surface area contributed by atoms with Crippen molar-refractivity contribution in [2.24, 2.45) is 0 Å². The Bertz CT molecular complexity index is 467. The third-order valence-corrected chi connectivity index (χ3v) is 6.20. The predicted molar refractivity (Wildman–Crippen MR) is 133 cm³/mol. The van der Waals surface area contributed by atoms with Gasteiger partial charge in [0.2, 0.25) is 0 Å². The van der Waals surface area contributed by atoms with Crippen LogP contribution < -0.4 is 0 Å². The van der Waals surface area contributed by atoms with Crippen molar-refractivity contribution in [3.05, 3.63) is 0 Å². The summed E-state index contributed by atoms with van der Waals surface area (Å²) in [4.78, 5) is 0. The molecule has 0 aliphatic heterocycles. The highest BCUT2D eigenvalue weighted by atomic mass is 31.2. The topological polar surface area (TPSA) is 100 Å². The summed E-state index contributed by atoms with van der Waals surface area (Å²) in [6, 6.07) is 0. The molecule has 0 amide bonds. The lowest BCUT2D eigenvalue weighted by molar-refractivity contribution is -0.241. The van der Waals surface area contributed by atoms with Crippen LogP contribution in [0.15, 0.2) is 0 Å². The molecule has 0 bridgehead atoms. The van der Waals surface area contributed by atoms with Crippen molar-refractivity contribution in [2.45, 2.75) is 139 Å². The number of phosphoric acid groups is 1. The largest absolute Gasteiger partial charge is 0.481 e. The van der Waals surface area contributed by atoms with Crippen molar-refractivity contribution in [1.29, 1.82) is 0 Å². The molecule has 0 aromatic heterocycles. The fourth-order valence-electron chi connectivity index (χ4n) is 2.80. The van der Waals surface area contributed by atoms with Crippen LogP contribution in [-0.2, 0) is 46.6 Å². The van der Waals surface area contributed by atoms with Crippen molar-refractivity contribution in [2.75, 3.05) is 19.8 Å². The van der Waals surface area contributed by atoms with E-state index in [9.17, 15) is 4.57 Å². The molecular formula is C24H51O10P. The molecule has 0 fully saturated rings. The van der Waals surface area contributed by atoms with E-state index in [-0.39, 0.29) is 0 Å². The van der Waals surface area contributed by atoms with Crippen LogP contribution in [0.25, 0.3) is 0 Å². The van der Waals surface area contributed by atoms with Gasteiger partial charge in [0.15, 0.2) is 37.7 Å². The molecule has 35 heavy (non-hydrogen) atoms. The first-order valence-corrected chi connectivity index (χ1v) is 14.5. The summed E-state index contributed by atoms with van der Waals surface area (Å²) in [7, 11) is -4.19. The number of hydrogen-bond acceptors (Lipinski definition) is 10. The minimum atomic E-state index is -4.19. The van der Waals surface area contributed by atoms with Gasteiger partial charge in [-0.3, -0.25) is 13.6 Å². The van der Waals surface area contributed by atoms with Crippen molar-refractivity contribution in [1.82, 2.24) is 0 Å². The van der Waals surface area contributed by atoms with Crippen LogP contribution >= 0.6 is 7.82 Å². The van der Waals surface area contributed by atoms with Crippen LogP contribution in [0.5, 0.6) is 0 Å². The molecule has 6 unspecified atom stereocenters. The third-order valence-electron chi connectivity index (χ3n) is 4.53. The Morgan fingerprint density at radius 3 is 0.971 bits per heavy atom. The van der Waals surface area contributed by atoms with E-state index in [1.807, 2.05) is 0 Å². The quantitative estimate of drug-likeness (QED) is 0.0759. The van der Waals surface area contributed by atoms with Gasteiger partial charge in [-0.25, -0.2) is 4.57 Å². The molecule has 0 aliphatic rings. The zero-order valence-corrected chi connectivity index (χ0v) is 24.3. The maximum Gasteiger partial charge on any atom is 0.481 e. The first-order chi connectivity index (χ1) is 16.5. The average molecular weight is 531 g/mol. The highest BCUT2D eigenvalue weighted by Gasteiger charge is 2.36.